The number of quaternary nitrogens is 1. The maximum Gasteiger partial charge on any atom is 0.105 e. The average molecular weight is 513 g/mol. The minimum absolute atomic E-state index is 1.07. The molecule has 0 unspecified atom stereocenters. The second-order valence-corrected chi connectivity index (χ2v) is 12.7. The van der Waals surface area contributed by atoms with E-state index in [2.05, 4.69) is 75.6 Å². The molecule has 1 nitrogen and oxygen atoms in total. The van der Waals surface area contributed by atoms with Crippen molar-refractivity contribution in [1.82, 2.24) is 0 Å². The zero-order valence-corrected chi connectivity index (χ0v) is 24.9. The first-order valence-corrected chi connectivity index (χ1v) is 16.1. The van der Waals surface area contributed by atoms with Crippen molar-refractivity contribution in [2.45, 2.75) is 116 Å². The largest absolute Gasteiger partial charge is 0.325 e. The van der Waals surface area contributed by atoms with Crippen molar-refractivity contribution >= 4 is 32.3 Å². The zero-order valence-electron chi connectivity index (χ0n) is 24.9. The normalized spacial score (nSPS) is 12.4. The van der Waals surface area contributed by atoms with E-state index < -0.39 is 0 Å². The van der Waals surface area contributed by atoms with Gasteiger partial charge in [0.15, 0.2) is 0 Å². The third-order valence-corrected chi connectivity index (χ3v) is 8.83. The standard InChI is InChI=1S/C37H54N/c1-4-5-6-7-8-9-10-11-12-13-14-15-16-17-18-19-29-38(2,3)30-34-26-25-33-24-23-31-21-20-22-32-27-28-35(34)37(33)36(31)32/h20-28H,4-19,29-30H2,1-3H3/q+1. The van der Waals surface area contributed by atoms with E-state index in [-0.39, 0.29) is 0 Å². The number of rotatable bonds is 19. The summed E-state index contributed by atoms with van der Waals surface area (Å²) in [5.74, 6) is 0. The van der Waals surface area contributed by atoms with Crippen molar-refractivity contribution < 1.29 is 4.48 Å². The maximum atomic E-state index is 2.42. The molecule has 206 valence electrons. The monoisotopic (exact) mass is 512 g/mol. The molecule has 0 N–H and O–H groups in total. The lowest BCUT2D eigenvalue weighted by Crippen LogP contribution is -2.39. The highest BCUT2D eigenvalue weighted by molar-refractivity contribution is 6.23. The van der Waals surface area contributed by atoms with E-state index >= 15 is 0 Å². The van der Waals surface area contributed by atoms with Crippen LogP contribution in [0.3, 0.4) is 0 Å². The molecule has 1 heteroatoms. The molecule has 0 bridgehead atoms. The van der Waals surface area contributed by atoms with Gasteiger partial charge in [-0.15, -0.1) is 0 Å². The molecule has 4 aromatic carbocycles. The molecule has 0 fully saturated rings. The molecule has 0 aliphatic carbocycles. The molecule has 0 aromatic heterocycles. The molecular formula is C37H54N+. The second-order valence-electron chi connectivity index (χ2n) is 12.7. The summed E-state index contributed by atoms with van der Waals surface area (Å²) >= 11 is 0. The summed E-state index contributed by atoms with van der Waals surface area (Å²) < 4.78 is 1.07. The van der Waals surface area contributed by atoms with E-state index in [9.17, 15) is 0 Å². The lowest BCUT2D eigenvalue weighted by Gasteiger charge is -2.30. The minimum Gasteiger partial charge on any atom is -0.325 e. The Morgan fingerprint density at radius 2 is 0.921 bits per heavy atom. The van der Waals surface area contributed by atoms with Crippen molar-refractivity contribution in [2.75, 3.05) is 20.6 Å². The summed E-state index contributed by atoms with van der Waals surface area (Å²) in [6, 6.07) is 20.7. The first kappa shape index (κ1) is 28.9. The van der Waals surface area contributed by atoms with E-state index in [1.54, 1.807) is 0 Å². The zero-order chi connectivity index (χ0) is 26.6. The number of benzene rings is 4. The summed E-state index contributed by atoms with van der Waals surface area (Å²) in [4.78, 5) is 0. The van der Waals surface area contributed by atoms with Crippen LogP contribution in [-0.2, 0) is 6.54 Å². The highest BCUT2D eigenvalue weighted by Gasteiger charge is 2.19. The maximum absolute atomic E-state index is 2.42. The molecule has 4 rings (SSSR count). The first-order chi connectivity index (χ1) is 18.6. The summed E-state index contributed by atoms with van der Waals surface area (Å²) in [7, 11) is 4.84. The number of hydrogen-bond acceptors (Lipinski definition) is 0. The molecule has 0 heterocycles. The fourth-order valence-electron chi connectivity index (χ4n) is 6.56. The van der Waals surface area contributed by atoms with Gasteiger partial charge in [0.2, 0.25) is 0 Å². The van der Waals surface area contributed by atoms with Crippen LogP contribution >= 0.6 is 0 Å². The molecule has 38 heavy (non-hydrogen) atoms. The van der Waals surface area contributed by atoms with Crippen LogP contribution in [0.1, 0.15) is 115 Å². The molecular weight excluding hydrogens is 458 g/mol. The van der Waals surface area contributed by atoms with Gasteiger partial charge in [-0.2, -0.15) is 0 Å². The molecule has 4 aromatic rings. The van der Waals surface area contributed by atoms with Crippen LogP contribution in [-0.4, -0.2) is 25.1 Å². The summed E-state index contributed by atoms with van der Waals surface area (Å²) in [6.07, 6.45) is 23.0. The van der Waals surface area contributed by atoms with Crippen molar-refractivity contribution in [1.29, 1.82) is 0 Å². The third kappa shape index (κ3) is 8.19. The van der Waals surface area contributed by atoms with Gasteiger partial charge < -0.3 is 4.48 Å². The van der Waals surface area contributed by atoms with E-state index in [0.29, 0.717) is 0 Å². The Balaban J connectivity index is 1.12. The quantitative estimate of drug-likeness (QED) is 0.0665. The van der Waals surface area contributed by atoms with Crippen LogP contribution < -0.4 is 0 Å². The molecule has 0 aliphatic heterocycles. The van der Waals surface area contributed by atoms with Gasteiger partial charge in [-0.1, -0.05) is 151 Å². The fourth-order valence-corrected chi connectivity index (χ4v) is 6.56. The smallest absolute Gasteiger partial charge is 0.105 e. The Morgan fingerprint density at radius 1 is 0.474 bits per heavy atom. The highest BCUT2D eigenvalue weighted by Crippen LogP contribution is 2.36. The van der Waals surface area contributed by atoms with Gasteiger partial charge in [0.05, 0.1) is 20.6 Å². The molecule has 0 radical (unpaired) electrons. The van der Waals surface area contributed by atoms with E-state index in [1.807, 2.05) is 0 Å². The molecule has 0 atom stereocenters. The SMILES string of the molecule is CCCCCCCCCCCCCCCCCC[N+](C)(C)Cc1ccc2ccc3cccc4ccc1c2c34. The second kappa shape index (κ2) is 14.9. The summed E-state index contributed by atoms with van der Waals surface area (Å²) in [5, 5.41) is 8.44. The van der Waals surface area contributed by atoms with Crippen LogP contribution in [0.2, 0.25) is 0 Å². The topological polar surface area (TPSA) is 0 Å². The van der Waals surface area contributed by atoms with Gasteiger partial charge in [0.1, 0.15) is 6.54 Å². The molecule has 0 amide bonds. The average Bonchev–Trinajstić information content (AvgIpc) is 2.92. The number of unbranched alkanes of at least 4 members (excludes halogenated alkanes) is 15. The van der Waals surface area contributed by atoms with E-state index in [0.717, 1.165) is 11.0 Å². The van der Waals surface area contributed by atoms with E-state index in [1.165, 1.54) is 147 Å². The van der Waals surface area contributed by atoms with Crippen molar-refractivity contribution in [3.05, 3.63) is 60.2 Å². The van der Waals surface area contributed by atoms with Crippen molar-refractivity contribution in [2.24, 2.45) is 0 Å². The minimum atomic E-state index is 1.07. The van der Waals surface area contributed by atoms with Crippen LogP contribution in [0, 0.1) is 0 Å². The third-order valence-electron chi connectivity index (χ3n) is 8.83. The lowest BCUT2D eigenvalue weighted by atomic mass is 9.91. The molecule has 0 aliphatic rings. The van der Waals surface area contributed by atoms with Crippen molar-refractivity contribution in [3.63, 3.8) is 0 Å². The van der Waals surface area contributed by atoms with Gasteiger partial charge in [-0.25, -0.2) is 0 Å². The van der Waals surface area contributed by atoms with Crippen LogP contribution in [0.4, 0.5) is 0 Å². The van der Waals surface area contributed by atoms with Crippen LogP contribution in [0.15, 0.2) is 54.6 Å². The van der Waals surface area contributed by atoms with Gasteiger partial charge in [-0.05, 0) is 45.2 Å². The molecule has 0 saturated heterocycles. The number of hydrogen-bond donors (Lipinski definition) is 0. The van der Waals surface area contributed by atoms with Gasteiger partial charge >= 0.3 is 0 Å². The van der Waals surface area contributed by atoms with Gasteiger partial charge in [0, 0.05) is 5.56 Å². The Labute approximate surface area is 233 Å². The van der Waals surface area contributed by atoms with Crippen molar-refractivity contribution in [3.8, 4) is 0 Å². The van der Waals surface area contributed by atoms with Gasteiger partial charge in [-0.3, -0.25) is 0 Å². The molecule has 0 spiro atoms. The van der Waals surface area contributed by atoms with Crippen LogP contribution in [0.5, 0.6) is 0 Å². The first-order valence-electron chi connectivity index (χ1n) is 16.1. The predicted molar refractivity (Wildman–Crippen MR) is 170 cm³/mol. The predicted octanol–water partition coefficient (Wildman–Crippen LogP) is 11.4. The number of nitrogens with zero attached hydrogens (tertiary/aromatic N) is 1. The Bertz CT molecular complexity index is 1200. The van der Waals surface area contributed by atoms with Crippen LogP contribution in [0.25, 0.3) is 32.3 Å². The Hall–Kier alpha value is -2.12. The fraction of sp³-hybridized carbons (Fsp3) is 0.568. The van der Waals surface area contributed by atoms with Gasteiger partial charge in [0.25, 0.3) is 0 Å². The Morgan fingerprint density at radius 3 is 1.47 bits per heavy atom. The summed E-state index contributed by atoms with van der Waals surface area (Å²) in [6.45, 7) is 4.67. The van der Waals surface area contributed by atoms with E-state index in [4.69, 9.17) is 0 Å². The highest BCUT2D eigenvalue weighted by atomic mass is 15.3. The summed E-state index contributed by atoms with van der Waals surface area (Å²) in [5.41, 5.74) is 1.50. The molecule has 0 saturated carbocycles. The Kier molecular flexibility index (Phi) is 11.3. The lowest BCUT2D eigenvalue weighted by molar-refractivity contribution is -0.903.